The maximum absolute atomic E-state index is 13.4. The molecular weight excluding hydrogens is 450 g/mol. The van der Waals surface area contributed by atoms with E-state index in [4.69, 9.17) is 11.6 Å². The number of carbonyl (C=O) groups is 2. The van der Waals surface area contributed by atoms with Crippen molar-refractivity contribution < 1.29 is 18.0 Å². The van der Waals surface area contributed by atoms with Gasteiger partial charge in [0.05, 0.1) is 11.9 Å². The van der Waals surface area contributed by atoms with E-state index in [1.54, 1.807) is 62.4 Å². The Morgan fingerprint density at radius 1 is 1.03 bits per heavy atom. The standard InChI is InChI=1S/C23H30ClN3O4S/c1-16(2)25-23(29)18(4)26(14-19-10-12-20(24)13-11-19)22(28)15-27(32(5,30)31)21-9-7-6-8-17(21)3/h6-13,16,18H,14-15H2,1-5H3,(H,25,29). The Labute approximate surface area is 195 Å². The second kappa shape index (κ2) is 10.8. The molecule has 9 heteroatoms. The SMILES string of the molecule is Cc1ccccc1N(CC(=O)N(Cc1ccc(Cl)cc1)C(C)C(=O)NC(C)C)S(C)(=O)=O. The Morgan fingerprint density at radius 3 is 2.16 bits per heavy atom. The fourth-order valence-electron chi connectivity index (χ4n) is 3.21. The van der Waals surface area contributed by atoms with Crippen LogP contribution in [0.3, 0.4) is 0 Å². The minimum Gasteiger partial charge on any atom is -0.352 e. The minimum absolute atomic E-state index is 0.100. The predicted molar refractivity (Wildman–Crippen MR) is 128 cm³/mol. The lowest BCUT2D eigenvalue weighted by Crippen LogP contribution is -2.52. The molecule has 0 saturated carbocycles. The third-order valence-corrected chi connectivity index (χ3v) is 6.31. The van der Waals surface area contributed by atoms with Crippen LogP contribution >= 0.6 is 11.6 Å². The number of halogens is 1. The number of para-hydroxylation sites is 1. The van der Waals surface area contributed by atoms with Crippen molar-refractivity contribution in [1.29, 1.82) is 0 Å². The van der Waals surface area contributed by atoms with Gasteiger partial charge in [-0.15, -0.1) is 0 Å². The van der Waals surface area contributed by atoms with Gasteiger partial charge < -0.3 is 10.2 Å². The molecule has 1 N–H and O–H groups in total. The second-order valence-electron chi connectivity index (χ2n) is 8.04. The molecule has 0 aliphatic heterocycles. The number of sulfonamides is 1. The highest BCUT2D eigenvalue weighted by atomic mass is 35.5. The molecule has 0 radical (unpaired) electrons. The van der Waals surface area contributed by atoms with Crippen LogP contribution in [0.1, 0.15) is 31.9 Å². The van der Waals surface area contributed by atoms with Gasteiger partial charge in [0.25, 0.3) is 0 Å². The predicted octanol–water partition coefficient (Wildman–Crippen LogP) is 3.36. The lowest BCUT2D eigenvalue weighted by molar-refractivity contribution is -0.139. The smallest absolute Gasteiger partial charge is 0.244 e. The lowest BCUT2D eigenvalue weighted by atomic mass is 10.1. The first-order valence-corrected chi connectivity index (χ1v) is 12.5. The van der Waals surface area contributed by atoms with Crippen LogP contribution in [0.4, 0.5) is 5.69 Å². The van der Waals surface area contributed by atoms with Crippen molar-refractivity contribution in [3.8, 4) is 0 Å². The molecule has 1 unspecified atom stereocenters. The fraction of sp³-hybridized carbons (Fsp3) is 0.391. The number of hydrogen-bond donors (Lipinski definition) is 1. The molecule has 174 valence electrons. The van der Waals surface area contributed by atoms with Crippen LogP contribution in [0.15, 0.2) is 48.5 Å². The summed E-state index contributed by atoms with van der Waals surface area (Å²) in [4.78, 5) is 27.5. The molecule has 1 atom stereocenters. The average Bonchev–Trinajstić information content (AvgIpc) is 2.70. The third-order valence-electron chi connectivity index (χ3n) is 4.93. The number of aryl methyl sites for hydroxylation is 1. The van der Waals surface area contributed by atoms with Gasteiger partial charge in [-0.1, -0.05) is 41.9 Å². The molecule has 0 heterocycles. The topological polar surface area (TPSA) is 86.8 Å². The van der Waals surface area contributed by atoms with Crippen LogP contribution in [-0.2, 0) is 26.2 Å². The maximum atomic E-state index is 13.4. The Hall–Kier alpha value is -2.58. The van der Waals surface area contributed by atoms with E-state index in [1.165, 1.54) is 4.90 Å². The molecule has 2 aromatic rings. The number of hydrogen-bond acceptors (Lipinski definition) is 4. The van der Waals surface area contributed by atoms with Crippen molar-refractivity contribution in [2.45, 2.75) is 46.3 Å². The van der Waals surface area contributed by atoms with Crippen LogP contribution in [-0.4, -0.2) is 50.0 Å². The van der Waals surface area contributed by atoms with Crippen molar-refractivity contribution in [1.82, 2.24) is 10.2 Å². The average molecular weight is 480 g/mol. The van der Waals surface area contributed by atoms with Gasteiger partial charge in [-0.3, -0.25) is 13.9 Å². The van der Waals surface area contributed by atoms with E-state index in [0.29, 0.717) is 10.7 Å². The number of amides is 2. The number of rotatable bonds is 9. The van der Waals surface area contributed by atoms with Crippen LogP contribution < -0.4 is 9.62 Å². The van der Waals surface area contributed by atoms with Gasteiger partial charge in [0.2, 0.25) is 21.8 Å². The van der Waals surface area contributed by atoms with Crippen molar-refractivity contribution in [3.05, 3.63) is 64.7 Å². The van der Waals surface area contributed by atoms with Gasteiger partial charge in [-0.05, 0) is 57.0 Å². The number of benzene rings is 2. The molecular formula is C23H30ClN3O4S. The zero-order chi connectivity index (χ0) is 24.1. The molecule has 0 aromatic heterocycles. The van der Waals surface area contributed by atoms with Gasteiger partial charge in [-0.25, -0.2) is 8.42 Å². The monoisotopic (exact) mass is 479 g/mol. The molecule has 0 fully saturated rings. The Bertz CT molecular complexity index is 1060. The first-order valence-electron chi connectivity index (χ1n) is 10.3. The van der Waals surface area contributed by atoms with Gasteiger partial charge >= 0.3 is 0 Å². The number of nitrogens with zero attached hydrogens (tertiary/aromatic N) is 2. The van der Waals surface area contributed by atoms with Crippen LogP contribution in [0.25, 0.3) is 0 Å². The van der Waals surface area contributed by atoms with Crippen LogP contribution in [0.5, 0.6) is 0 Å². The molecule has 0 aliphatic rings. The molecule has 0 aliphatic carbocycles. The molecule has 0 bridgehead atoms. The summed E-state index contributed by atoms with van der Waals surface area (Å²) < 4.78 is 26.2. The summed E-state index contributed by atoms with van der Waals surface area (Å²) in [6.07, 6.45) is 1.06. The quantitative estimate of drug-likeness (QED) is 0.597. The number of carbonyl (C=O) groups excluding carboxylic acids is 2. The Morgan fingerprint density at radius 2 is 1.62 bits per heavy atom. The molecule has 0 spiro atoms. The van der Waals surface area contributed by atoms with Gasteiger partial charge in [0.1, 0.15) is 12.6 Å². The molecule has 0 saturated heterocycles. The summed E-state index contributed by atoms with van der Waals surface area (Å²) in [5, 5.41) is 3.37. The highest BCUT2D eigenvalue weighted by molar-refractivity contribution is 7.92. The summed E-state index contributed by atoms with van der Waals surface area (Å²) in [5.74, 6) is -0.802. The lowest BCUT2D eigenvalue weighted by Gasteiger charge is -2.32. The maximum Gasteiger partial charge on any atom is 0.244 e. The van der Waals surface area contributed by atoms with E-state index in [0.717, 1.165) is 21.7 Å². The summed E-state index contributed by atoms with van der Waals surface area (Å²) in [7, 11) is -3.74. The van der Waals surface area contributed by atoms with Crippen molar-refractivity contribution in [2.24, 2.45) is 0 Å². The molecule has 2 aromatic carbocycles. The summed E-state index contributed by atoms with van der Waals surface area (Å²) in [6, 6.07) is 13.0. The Balaban J connectivity index is 2.39. The molecule has 2 rings (SSSR count). The van der Waals surface area contributed by atoms with E-state index in [1.807, 2.05) is 13.8 Å². The second-order valence-corrected chi connectivity index (χ2v) is 10.4. The van der Waals surface area contributed by atoms with Crippen molar-refractivity contribution in [3.63, 3.8) is 0 Å². The van der Waals surface area contributed by atoms with E-state index < -0.39 is 28.5 Å². The van der Waals surface area contributed by atoms with Crippen molar-refractivity contribution in [2.75, 3.05) is 17.1 Å². The first kappa shape index (κ1) is 25.7. The van der Waals surface area contributed by atoms with E-state index >= 15 is 0 Å². The largest absolute Gasteiger partial charge is 0.352 e. The van der Waals surface area contributed by atoms with Gasteiger partial charge in [0, 0.05) is 17.6 Å². The summed E-state index contributed by atoms with van der Waals surface area (Å²) >= 11 is 5.96. The summed E-state index contributed by atoms with van der Waals surface area (Å²) in [6.45, 7) is 6.79. The van der Waals surface area contributed by atoms with Crippen LogP contribution in [0.2, 0.25) is 5.02 Å². The fourth-order valence-corrected chi connectivity index (χ4v) is 4.25. The van der Waals surface area contributed by atoms with E-state index in [9.17, 15) is 18.0 Å². The minimum atomic E-state index is -3.74. The third kappa shape index (κ3) is 6.97. The first-order chi connectivity index (χ1) is 14.9. The summed E-state index contributed by atoms with van der Waals surface area (Å²) in [5.41, 5.74) is 1.92. The van der Waals surface area contributed by atoms with Gasteiger partial charge in [-0.2, -0.15) is 0 Å². The number of nitrogens with one attached hydrogen (secondary N) is 1. The zero-order valence-electron chi connectivity index (χ0n) is 19.0. The normalized spacial score (nSPS) is 12.3. The van der Waals surface area contributed by atoms with Crippen LogP contribution in [0, 0.1) is 6.92 Å². The molecule has 32 heavy (non-hydrogen) atoms. The Kier molecular flexibility index (Phi) is 8.69. The van der Waals surface area contributed by atoms with Crippen molar-refractivity contribution >= 4 is 39.1 Å². The highest BCUT2D eigenvalue weighted by Gasteiger charge is 2.30. The molecule has 7 nitrogen and oxygen atoms in total. The highest BCUT2D eigenvalue weighted by Crippen LogP contribution is 2.23. The van der Waals surface area contributed by atoms with E-state index in [2.05, 4.69) is 5.32 Å². The zero-order valence-corrected chi connectivity index (χ0v) is 20.6. The van der Waals surface area contributed by atoms with Gasteiger partial charge in [0.15, 0.2) is 0 Å². The number of anilines is 1. The van der Waals surface area contributed by atoms with E-state index in [-0.39, 0.29) is 18.5 Å². The molecule has 2 amide bonds.